The zero-order valence-electron chi connectivity index (χ0n) is 15.1. The van der Waals surface area contributed by atoms with Crippen LogP contribution >= 0.6 is 11.3 Å². The number of fused-ring (bicyclic) bond motifs is 1. The van der Waals surface area contributed by atoms with Gasteiger partial charge in [0.15, 0.2) is 0 Å². The van der Waals surface area contributed by atoms with Crippen LogP contribution in [0.15, 0.2) is 40.8 Å². The maximum atomic E-state index is 12.4. The number of aromatic amines is 2. The van der Waals surface area contributed by atoms with E-state index in [2.05, 4.69) is 35.8 Å². The van der Waals surface area contributed by atoms with Crippen molar-refractivity contribution in [1.82, 2.24) is 30.5 Å². The van der Waals surface area contributed by atoms with E-state index >= 15 is 0 Å². The molecule has 11 heteroatoms. The Bertz CT molecular complexity index is 1260. The van der Waals surface area contributed by atoms with Crippen molar-refractivity contribution in [3.8, 4) is 0 Å². The zero-order chi connectivity index (χ0) is 20.4. The summed E-state index contributed by atoms with van der Waals surface area (Å²) in [6, 6.07) is 6.98. The largest absolute Gasteiger partial charge is 0.345 e. The van der Waals surface area contributed by atoms with E-state index in [1.165, 1.54) is 17.7 Å². The van der Waals surface area contributed by atoms with E-state index in [0.29, 0.717) is 15.9 Å². The number of H-pyrrole nitrogens is 2. The Morgan fingerprint density at radius 2 is 2.07 bits per heavy atom. The number of hydrogen-bond donors (Lipinski definition) is 4. The molecule has 4 aromatic rings. The van der Waals surface area contributed by atoms with Gasteiger partial charge in [0, 0.05) is 12.2 Å². The van der Waals surface area contributed by atoms with E-state index in [1.54, 1.807) is 24.3 Å². The predicted octanol–water partition coefficient (Wildman–Crippen LogP) is 1.59. The summed E-state index contributed by atoms with van der Waals surface area (Å²) in [5, 5.41) is 13.8. The Kier molecular flexibility index (Phi) is 4.87. The van der Waals surface area contributed by atoms with Gasteiger partial charge in [-0.25, -0.2) is 9.97 Å². The fourth-order valence-corrected chi connectivity index (χ4v) is 3.65. The summed E-state index contributed by atoms with van der Waals surface area (Å²) in [6.45, 7) is 2.01. The highest BCUT2D eigenvalue weighted by atomic mass is 32.1. The second kappa shape index (κ2) is 7.64. The van der Waals surface area contributed by atoms with Gasteiger partial charge in [0.05, 0.1) is 5.39 Å². The summed E-state index contributed by atoms with van der Waals surface area (Å²) in [5.41, 5.74) is 1.79. The summed E-state index contributed by atoms with van der Waals surface area (Å²) in [6.07, 6.45) is 1.24. The molecular weight excluding hydrogens is 394 g/mol. The number of anilines is 1. The van der Waals surface area contributed by atoms with Gasteiger partial charge in [-0.3, -0.25) is 19.5 Å². The number of hydrogen-bond acceptors (Lipinski definition) is 7. The Labute approximate surface area is 167 Å². The average molecular weight is 409 g/mol. The molecule has 10 nitrogen and oxygen atoms in total. The second-order valence-corrected chi connectivity index (χ2v) is 7.04. The number of carbonyl (C=O) groups is 2. The average Bonchev–Trinajstić information content (AvgIpc) is 3.37. The second-order valence-electron chi connectivity index (χ2n) is 6.18. The minimum atomic E-state index is -0.494. The summed E-state index contributed by atoms with van der Waals surface area (Å²) >= 11 is 1.32. The van der Waals surface area contributed by atoms with Crippen molar-refractivity contribution in [3.63, 3.8) is 0 Å². The predicted molar refractivity (Wildman–Crippen MR) is 107 cm³/mol. The molecule has 0 fully saturated rings. The molecule has 0 saturated carbocycles. The molecule has 29 heavy (non-hydrogen) atoms. The lowest BCUT2D eigenvalue weighted by molar-refractivity contribution is 0.0939. The zero-order valence-corrected chi connectivity index (χ0v) is 16.0. The van der Waals surface area contributed by atoms with Crippen molar-refractivity contribution in [1.29, 1.82) is 0 Å². The summed E-state index contributed by atoms with van der Waals surface area (Å²) in [5.74, 6) is -0.867. The lowest BCUT2D eigenvalue weighted by atomic mass is 10.2. The number of thiophene rings is 1. The number of aromatic nitrogens is 5. The molecule has 0 radical (unpaired) electrons. The van der Waals surface area contributed by atoms with E-state index in [0.717, 1.165) is 11.1 Å². The van der Waals surface area contributed by atoms with Gasteiger partial charge in [-0.2, -0.15) is 5.10 Å². The van der Waals surface area contributed by atoms with E-state index in [9.17, 15) is 14.4 Å². The van der Waals surface area contributed by atoms with Crippen molar-refractivity contribution >= 4 is 39.1 Å². The van der Waals surface area contributed by atoms with Crippen molar-refractivity contribution in [2.75, 3.05) is 5.32 Å². The first-order valence-corrected chi connectivity index (χ1v) is 9.41. The van der Waals surface area contributed by atoms with Crippen molar-refractivity contribution in [2.24, 2.45) is 0 Å². The monoisotopic (exact) mass is 409 g/mol. The normalized spacial score (nSPS) is 10.8. The minimum absolute atomic E-state index is 0.0425. The fourth-order valence-electron chi connectivity index (χ4n) is 2.73. The number of benzene rings is 1. The van der Waals surface area contributed by atoms with Crippen LogP contribution in [0.1, 0.15) is 32.4 Å². The molecule has 4 rings (SSSR count). The molecule has 0 unspecified atom stereocenters. The first-order valence-electron chi connectivity index (χ1n) is 8.53. The highest BCUT2D eigenvalue weighted by Crippen LogP contribution is 2.19. The summed E-state index contributed by atoms with van der Waals surface area (Å²) in [7, 11) is 0. The van der Waals surface area contributed by atoms with Crippen LogP contribution in [-0.2, 0) is 6.54 Å². The van der Waals surface area contributed by atoms with Crippen LogP contribution in [0.25, 0.3) is 10.2 Å². The quantitative estimate of drug-likeness (QED) is 0.394. The smallest absolute Gasteiger partial charge is 0.292 e. The molecule has 3 heterocycles. The summed E-state index contributed by atoms with van der Waals surface area (Å²) < 4.78 is 0. The number of rotatable bonds is 5. The van der Waals surface area contributed by atoms with Crippen molar-refractivity contribution < 1.29 is 9.59 Å². The van der Waals surface area contributed by atoms with Crippen molar-refractivity contribution in [2.45, 2.75) is 13.5 Å². The molecule has 3 aromatic heterocycles. The van der Waals surface area contributed by atoms with Gasteiger partial charge in [0.25, 0.3) is 17.4 Å². The number of aryl methyl sites for hydroxylation is 1. The Hall–Kier alpha value is -3.86. The molecule has 0 bridgehead atoms. The molecule has 146 valence electrons. The Morgan fingerprint density at radius 3 is 2.86 bits per heavy atom. The minimum Gasteiger partial charge on any atom is -0.345 e. The van der Waals surface area contributed by atoms with Crippen LogP contribution in [-0.4, -0.2) is 37.0 Å². The molecular formula is C18H15N7O3S. The lowest BCUT2D eigenvalue weighted by Crippen LogP contribution is -2.27. The molecule has 0 aliphatic carbocycles. The third kappa shape index (κ3) is 3.89. The maximum absolute atomic E-state index is 12.4. The lowest BCUT2D eigenvalue weighted by Gasteiger charge is -2.08. The molecule has 2 amide bonds. The van der Waals surface area contributed by atoms with Crippen LogP contribution in [0.2, 0.25) is 0 Å². The number of amides is 2. The van der Waals surface area contributed by atoms with E-state index in [-0.39, 0.29) is 23.8 Å². The standard InChI is InChI=1S/C18H15N7O3S/c1-9-7-29-18-12(9)15(26)23-14(24-18)16(27)19-6-10-3-2-4-11(5-10)22-17(28)13-20-8-21-25-13/h2-5,7-8H,6H2,1H3,(H,19,27)(H,22,28)(H,20,21,25)(H,23,24,26). The highest BCUT2D eigenvalue weighted by molar-refractivity contribution is 7.16. The van der Waals surface area contributed by atoms with Crippen LogP contribution in [0.5, 0.6) is 0 Å². The Balaban J connectivity index is 1.44. The molecule has 0 saturated heterocycles. The molecule has 4 N–H and O–H groups in total. The maximum Gasteiger partial charge on any atom is 0.292 e. The third-order valence-electron chi connectivity index (χ3n) is 4.11. The molecule has 0 aliphatic rings. The fraction of sp³-hybridized carbons (Fsp3) is 0.111. The number of carbonyl (C=O) groups excluding carboxylic acids is 2. The molecule has 0 spiro atoms. The van der Waals surface area contributed by atoms with E-state index < -0.39 is 11.8 Å². The van der Waals surface area contributed by atoms with Crippen LogP contribution in [0.4, 0.5) is 5.69 Å². The van der Waals surface area contributed by atoms with Gasteiger partial charge in [-0.15, -0.1) is 11.3 Å². The first-order chi connectivity index (χ1) is 14.0. The Morgan fingerprint density at radius 1 is 1.21 bits per heavy atom. The summed E-state index contributed by atoms with van der Waals surface area (Å²) in [4.78, 5) is 47.7. The van der Waals surface area contributed by atoms with E-state index in [1.807, 2.05) is 12.3 Å². The van der Waals surface area contributed by atoms with Gasteiger partial charge in [0.2, 0.25) is 11.6 Å². The third-order valence-corrected chi connectivity index (χ3v) is 5.10. The molecule has 0 atom stereocenters. The molecule has 0 aliphatic heterocycles. The first kappa shape index (κ1) is 18.5. The topological polar surface area (TPSA) is 146 Å². The van der Waals surface area contributed by atoms with Gasteiger partial charge in [-0.05, 0) is 35.6 Å². The van der Waals surface area contributed by atoms with Gasteiger partial charge in [0.1, 0.15) is 11.2 Å². The van der Waals surface area contributed by atoms with Gasteiger partial charge < -0.3 is 15.6 Å². The van der Waals surface area contributed by atoms with Gasteiger partial charge >= 0.3 is 0 Å². The van der Waals surface area contributed by atoms with Crippen LogP contribution in [0, 0.1) is 6.92 Å². The number of nitrogens with zero attached hydrogens (tertiary/aromatic N) is 3. The highest BCUT2D eigenvalue weighted by Gasteiger charge is 2.14. The van der Waals surface area contributed by atoms with Gasteiger partial charge in [-0.1, -0.05) is 12.1 Å². The van der Waals surface area contributed by atoms with Crippen LogP contribution in [0.3, 0.4) is 0 Å². The van der Waals surface area contributed by atoms with Crippen LogP contribution < -0.4 is 16.2 Å². The van der Waals surface area contributed by atoms with Crippen molar-refractivity contribution in [3.05, 3.63) is 69.1 Å². The number of nitrogens with one attached hydrogen (secondary N) is 4. The van der Waals surface area contributed by atoms with E-state index in [4.69, 9.17) is 0 Å². The SMILES string of the molecule is Cc1csc2nc(C(=O)NCc3cccc(NC(=O)c4ncn[nH]4)c3)[nH]c(=O)c12. The molecule has 1 aromatic carbocycles.